The minimum absolute atomic E-state index is 0.0571. The van der Waals surface area contributed by atoms with Gasteiger partial charge in [-0.15, -0.1) is 0 Å². The van der Waals surface area contributed by atoms with Gasteiger partial charge in [0.15, 0.2) is 0 Å². The van der Waals surface area contributed by atoms with E-state index in [0.29, 0.717) is 12.8 Å². The minimum Gasteiger partial charge on any atom is -0.393 e. The SMILES string of the molecule is C=C(C)[C@@H]1C[C@H](O)Cc2cc(F)ccc2N1. The van der Waals surface area contributed by atoms with Gasteiger partial charge in [0.05, 0.1) is 6.10 Å². The lowest BCUT2D eigenvalue weighted by molar-refractivity contribution is 0.164. The van der Waals surface area contributed by atoms with Crippen molar-refractivity contribution in [3.63, 3.8) is 0 Å². The summed E-state index contributed by atoms with van der Waals surface area (Å²) in [5.41, 5.74) is 2.71. The molecule has 1 aromatic rings. The van der Waals surface area contributed by atoms with Crippen LogP contribution >= 0.6 is 0 Å². The van der Waals surface area contributed by atoms with Crippen molar-refractivity contribution in [1.29, 1.82) is 0 Å². The molecule has 2 N–H and O–H groups in total. The number of aliphatic hydroxyl groups excluding tert-OH is 1. The minimum atomic E-state index is -0.447. The Morgan fingerprint density at radius 3 is 3.00 bits per heavy atom. The molecule has 3 heteroatoms. The van der Waals surface area contributed by atoms with Crippen molar-refractivity contribution in [2.45, 2.75) is 31.9 Å². The molecule has 0 saturated carbocycles. The Bertz CT molecular complexity index is 416. The van der Waals surface area contributed by atoms with Crippen LogP contribution in [0.2, 0.25) is 0 Å². The maximum atomic E-state index is 13.1. The molecular weight excluding hydrogens is 205 g/mol. The molecule has 2 nitrogen and oxygen atoms in total. The summed E-state index contributed by atoms with van der Waals surface area (Å²) < 4.78 is 13.1. The molecule has 0 unspecified atom stereocenters. The summed E-state index contributed by atoms with van der Waals surface area (Å²) in [6.07, 6.45) is 0.660. The Morgan fingerprint density at radius 1 is 1.56 bits per heavy atom. The molecule has 1 aromatic carbocycles. The molecule has 2 rings (SSSR count). The quantitative estimate of drug-likeness (QED) is 0.714. The molecule has 0 amide bonds. The molecule has 0 radical (unpaired) electrons. The van der Waals surface area contributed by atoms with Gasteiger partial charge in [0.1, 0.15) is 5.82 Å². The predicted molar refractivity (Wildman–Crippen MR) is 63.0 cm³/mol. The van der Waals surface area contributed by atoms with Crippen LogP contribution in [0.1, 0.15) is 18.9 Å². The number of halogens is 1. The van der Waals surface area contributed by atoms with E-state index in [1.54, 1.807) is 6.07 Å². The molecule has 2 atom stereocenters. The smallest absolute Gasteiger partial charge is 0.123 e. The van der Waals surface area contributed by atoms with Gasteiger partial charge in [0.2, 0.25) is 0 Å². The monoisotopic (exact) mass is 221 g/mol. The number of rotatable bonds is 1. The van der Waals surface area contributed by atoms with Crippen LogP contribution in [-0.2, 0) is 6.42 Å². The highest BCUT2D eigenvalue weighted by Crippen LogP contribution is 2.26. The van der Waals surface area contributed by atoms with Crippen molar-refractivity contribution >= 4 is 5.69 Å². The zero-order valence-electron chi connectivity index (χ0n) is 9.33. The summed E-state index contributed by atoms with van der Waals surface area (Å²) in [4.78, 5) is 0. The van der Waals surface area contributed by atoms with Gasteiger partial charge in [0, 0.05) is 18.2 Å². The van der Waals surface area contributed by atoms with Crippen LogP contribution in [0, 0.1) is 5.82 Å². The molecule has 0 aromatic heterocycles. The van der Waals surface area contributed by atoms with Gasteiger partial charge in [-0.05, 0) is 37.1 Å². The van der Waals surface area contributed by atoms with Gasteiger partial charge in [-0.2, -0.15) is 0 Å². The van der Waals surface area contributed by atoms with E-state index >= 15 is 0 Å². The number of benzene rings is 1. The van der Waals surface area contributed by atoms with Crippen LogP contribution < -0.4 is 5.32 Å². The first-order chi connectivity index (χ1) is 7.56. The molecule has 0 saturated heterocycles. The summed E-state index contributed by atoms with van der Waals surface area (Å²) in [6.45, 7) is 5.83. The Balaban J connectivity index is 2.35. The standard InChI is InChI=1S/C13H16FNO/c1-8(2)13-7-11(16)6-9-5-10(14)3-4-12(9)15-13/h3-5,11,13,15-16H,1,6-7H2,2H3/t11-,13+/m1/s1. The molecule has 1 aliphatic heterocycles. The summed E-state index contributed by atoms with van der Waals surface area (Å²) in [6, 6.07) is 4.69. The molecule has 16 heavy (non-hydrogen) atoms. The average Bonchev–Trinajstić information content (AvgIpc) is 2.35. The van der Waals surface area contributed by atoms with Crippen LogP contribution in [0.25, 0.3) is 0 Å². The highest BCUT2D eigenvalue weighted by molar-refractivity contribution is 5.54. The molecule has 1 heterocycles. The Labute approximate surface area is 94.8 Å². The van der Waals surface area contributed by atoms with Crippen LogP contribution in [-0.4, -0.2) is 17.3 Å². The van der Waals surface area contributed by atoms with Gasteiger partial charge >= 0.3 is 0 Å². The first-order valence-electron chi connectivity index (χ1n) is 5.44. The highest BCUT2D eigenvalue weighted by atomic mass is 19.1. The third-order valence-electron chi connectivity index (χ3n) is 2.96. The topological polar surface area (TPSA) is 32.3 Å². The van der Waals surface area contributed by atoms with Crippen LogP contribution in [0.3, 0.4) is 0 Å². The highest BCUT2D eigenvalue weighted by Gasteiger charge is 2.22. The Kier molecular flexibility index (Phi) is 2.97. The largest absolute Gasteiger partial charge is 0.393 e. The number of aliphatic hydroxyl groups is 1. The molecule has 86 valence electrons. The number of nitrogens with one attached hydrogen (secondary N) is 1. The van der Waals surface area contributed by atoms with E-state index in [4.69, 9.17) is 0 Å². The first kappa shape index (κ1) is 11.1. The van der Waals surface area contributed by atoms with Gasteiger partial charge in [-0.1, -0.05) is 12.2 Å². The Morgan fingerprint density at radius 2 is 2.31 bits per heavy atom. The summed E-state index contributed by atoms with van der Waals surface area (Å²) in [5.74, 6) is -0.262. The molecule has 1 aliphatic rings. The average molecular weight is 221 g/mol. The van der Waals surface area contributed by atoms with E-state index in [1.165, 1.54) is 12.1 Å². The van der Waals surface area contributed by atoms with E-state index < -0.39 is 6.10 Å². The van der Waals surface area contributed by atoms with E-state index in [0.717, 1.165) is 16.8 Å². The number of hydrogen-bond donors (Lipinski definition) is 2. The Hall–Kier alpha value is -1.35. The number of anilines is 1. The maximum absolute atomic E-state index is 13.1. The van der Waals surface area contributed by atoms with Crippen molar-refractivity contribution < 1.29 is 9.50 Å². The summed E-state index contributed by atoms with van der Waals surface area (Å²) in [7, 11) is 0. The van der Waals surface area contributed by atoms with Gasteiger partial charge in [-0.25, -0.2) is 4.39 Å². The lowest BCUT2D eigenvalue weighted by Gasteiger charge is -2.19. The van der Waals surface area contributed by atoms with Gasteiger partial charge in [-0.3, -0.25) is 0 Å². The van der Waals surface area contributed by atoms with E-state index in [2.05, 4.69) is 11.9 Å². The fourth-order valence-corrected chi connectivity index (χ4v) is 2.05. The number of hydrogen-bond acceptors (Lipinski definition) is 2. The van der Waals surface area contributed by atoms with Crippen molar-refractivity contribution in [1.82, 2.24) is 0 Å². The molecule has 0 fully saturated rings. The molecular formula is C13H16FNO. The zero-order chi connectivity index (χ0) is 11.7. The third-order valence-corrected chi connectivity index (χ3v) is 2.96. The van der Waals surface area contributed by atoms with Gasteiger partial charge < -0.3 is 10.4 Å². The fourth-order valence-electron chi connectivity index (χ4n) is 2.05. The van der Waals surface area contributed by atoms with Crippen molar-refractivity contribution in [3.05, 3.63) is 41.7 Å². The summed E-state index contributed by atoms with van der Waals surface area (Å²) in [5, 5.41) is 13.1. The molecule has 0 bridgehead atoms. The normalized spacial score (nSPS) is 24.2. The number of fused-ring (bicyclic) bond motifs is 1. The van der Waals surface area contributed by atoms with E-state index in [-0.39, 0.29) is 11.9 Å². The fraction of sp³-hybridized carbons (Fsp3) is 0.385. The molecule has 0 spiro atoms. The first-order valence-corrected chi connectivity index (χ1v) is 5.44. The molecule has 0 aliphatic carbocycles. The van der Waals surface area contributed by atoms with Crippen LogP contribution in [0.5, 0.6) is 0 Å². The lowest BCUT2D eigenvalue weighted by Crippen LogP contribution is -2.24. The maximum Gasteiger partial charge on any atom is 0.123 e. The lowest BCUT2D eigenvalue weighted by atomic mass is 10.0. The second kappa shape index (κ2) is 4.26. The zero-order valence-corrected chi connectivity index (χ0v) is 9.33. The summed E-state index contributed by atoms with van der Waals surface area (Å²) >= 11 is 0. The second-order valence-electron chi connectivity index (χ2n) is 4.44. The van der Waals surface area contributed by atoms with Crippen LogP contribution in [0.4, 0.5) is 10.1 Å². The van der Waals surface area contributed by atoms with Crippen molar-refractivity contribution in [2.24, 2.45) is 0 Å². The van der Waals surface area contributed by atoms with Crippen molar-refractivity contribution in [3.8, 4) is 0 Å². The van der Waals surface area contributed by atoms with E-state index in [9.17, 15) is 9.50 Å². The van der Waals surface area contributed by atoms with Gasteiger partial charge in [0.25, 0.3) is 0 Å². The third kappa shape index (κ3) is 2.25. The van der Waals surface area contributed by atoms with Crippen LogP contribution in [0.15, 0.2) is 30.4 Å². The van der Waals surface area contributed by atoms with Crippen molar-refractivity contribution in [2.75, 3.05) is 5.32 Å². The predicted octanol–water partition coefficient (Wildman–Crippen LogP) is 2.49. The van der Waals surface area contributed by atoms with E-state index in [1.807, 2.05) is 6.92 Å². The second-order valence-corrected chi connectivity index (χ2v) is 4.44.